The second-order valence-electron chi connectivity index (χ2n) is 5.00. The Morgan fingerprint density at radius 3 is 2.78 bits per heavy atom. The molecule has 94 valence electrons. The summed E-state index contributed by atoms with van der Waals surface area (Å²) in [6.45, 7) is 4.29. The van der Waals surface area contributed by atoms with Crippen LogP contribution in [0.15, 0.2) is 30.3 Å². The summed E-state index contributed by atoms with van der Waals surface area (Å²) in [6, 6.07) is 10.4. The van der Waals surface area contributed by atoms with E-state index < -0.39 is 0 Å². The lowest BCUT2D eigenvalue weighted by atomic mass is 9.99. The number of aromatic amines is 1. The quantitative estimate of drug-likeness (QED) is 0.848. The van der Waals surface area contributed by atoms with Gasteiger partial charge in [-0.15, -0.1) is 0 Å². The smallest absolute Gasteiger partial charge is 0.111 e. The molecule has 1 aliphatic heterocycles. The largest absolute Gasteiger partial charge is 0.345 e. The Hall–Kier alpha value is -1.61. The van der Waals surface area contributed by atoms with E-state index >= 15 is 0 Å². The molecule has 2 aromatic rings. The van der Waals surface area contributed by atoms with E-state index in [9.17, 15) is 0 Å². The highest BCUT2D eigenvalue weighted by Crippen LogP contribution is 2.26. The summed E-state index contributed by atoms with van der Waals surface area (Å²) >= 11 is 0. The van der Waals surface area contributed by atoms with E-state index in [2.05, 4.69) is 41.5 Å². The summed E-state index contributed by atoms with van der Waals surface area (Å²) in [7, 11) is 0. The average Bonchev–Trinajstić information content (AvgIpc) is 2.83. The molecule has 2 N–H and O–H groups in total. The number of imidazole rings is 1. The predicted octanol–water partition coefficient (Wildman–Crippen LogP) is 2.85. The lowest BCUT2D eigenvalue weighted by molar-refractivity contribution is 0.448. The van der Waals surface area contributed by atoms with Gasteiger partial charge in [0.05, 0.1) is 5.69 Å². The lowest BCUT2D eigenvalue weighted by Crippen LogP contribution is -2.28. The summed E-state index contributed by atoms with van der Waals surface area (Å²) < 4.78 is 0. The Bertz CT molecular complexity index is 510. The lowest BCUT2D eigenvalue weighted by Gasteiger charge is -2.20. The molecule has 1 aromatic heterocycles. The van der Waals surface area contributed by atoms with Gasteiger partial charge in [0.2, 0.25) is 0 Å². The van der Waals surface area contributed by atoms with E-state index in [1.165, 1.54) is 24.1 Å². The zero-order valence-electron chi connectivity index (χ0n) is 10.7. The van der Waals surface area contributed by atoms with Crippen LogP contribution in [-0.2, 0) is 0 Å². The molecular formula is C15H19N3. The molecule has 3 rings (SSSR count). The number of benzene rings is 1. The molecule has 2 heterocycles. The topological polar surface area (TPSA) is 40.7 Å². The molecule has 1 saturated heterocycles. The van der Waals surface area contributed by atoms with Gasteiger partial charge in [-0.05, 0) is 26.3 Å². The summed E-state index contributed by atoms with van der Waals surface area (Å²) in [5.74, 6) is 1.67. The Kier molecular flexibility index (Phi) is 3.15. The van der Waals surface area contributed by atoms with Crippen molar-refractivity contribution in [3.63, 3.8) is 0 Å². The van der Waals surface area contributed by atoms with Crippen LogP contribution in [0, 0.1) is 6.92 Å². The minimum atomic E-state index is 0.537. The molecule has 3 heteroatoms. The van der Waals surface area contributed by atoms with Crippen molar-refractivity contribution < 1.29 is 0 Å². The van der Waals surface area contributed by atoms with E-state index in [-0.39, 0.29) is 0 Å². The van der Waals surface area contributed by atoms with Crippen LogP contribution in [-0.4, -0.2) is 23.1 Å². The fraction of sp³-hybridized carbons (Fsp3) is 0.400. The summed E-state index contributed by atoms with van der Waals surface area (Å²) in [6.07, 6.45) is 2.47. The van der Waals surface area contributed by atoms with Gasteiger partial charge in [0.15, 0.2) is 0 Å². The molecule has 1 fully saturated rings. The Balaban J connectivity index is 1.91. The van der Waals surface area contributed by atoms with Crippen LogP contribution in [0.5, 0.6) is 0 Å². The molecule has 3 nitrogen and oxygen atoms in total. The SMILES string of the molecule is Cc1[nH]c(C2CCCNC2)nc1-c1ccccc1. The van der Waals surface area contributed by atoms with Gasteiger partial charge < -0.3 is 10.3 Å². The minimum absolute atomic E-state index is 0.537. The second-order valence-corrected chi connectivity index (χ2v) is 5.00. The van der Waals surface area contributed by atoms with Gasteiger partial charge in [0, 0.05) is 23.7 Å². The van der Waals surface area contributed by atoms with Crippen molar-refractivity contribution in [1.82, 2.24) is 15.3 Å². The van der Waals surface area contributed by atoms with Crippen molar-refractivity contribution in [3.05, 3.63) is 41.9 Å². The molecular weight excluding hydrogens is 222 g/mol. The van der Waals surface area contributed by atoms with Gasteiger partial charge >= 0.3 is 0 Å². The average molecular weight is 241 g/mol. The van der Waals surface area contributed by atoms with Gasteiger partial charge in [0.1, 0.15) is 5.82 Å². The van der Waals surface area contributed by atoms with Gasteiger partial charge in [0.25, 0.3) is 0 Å². The van der Waals surface area contributed by atoms with Crippen LogP contribution in [0.2, 0.25) is 0 Å². The van der Waals surface area contributed by atoms with E-state index in [4.69, 9.17) is 4.98 Å². The highest BCUT2D eigenvalue weighted by Gasteiger charge is 2.19. The number of nitrogens with one attached hydrogen (secondary N) is 2. The van der Waals surface area contributed by atoms with Crippen molar-refractivity contribution in [3.8, 4) is 11.3 Å². The monoisotopic (exact) mass is 241 g/mol. The summed E-state index contributed by atoms with van der Waals surface area (Å²) in [5, 5.41) is 3.44. The van der Waals surface area contributed by atoms with Crippen molar-refractivity contribution in [2.24, 2.45) is 0 Å². The molecule has 1 aliphatic rings. The zero-order chi connectivity index (χ0) is 12.4. The van der Waals surface area contributed by atoms with E-state index in [1.54, 1.807) is 0 Å². The fourth-order valence-corrected chi connectivity index (χ4v) is 2.64. The number of aryl methyl sites for hydroxylation is 1. The highest BCUT2D eigenvalue weighted by molar-refractivity contribution is 5.61. The van der Waals surface area contributed by atoms with Crippen molar-refractivity contribution in [2.45, 2.75) is 25.7 Å². The van der Waals surface area contributed by atoms with Gasteiger partial charge in [-0.25, -0.2) is 4.98 Å². The third-order valence-electron chi connectivity index (χ3n) is 3.63. The number of hydrogen-bond acceptors (Lipinski definition) is 2. The van der Waals surface area contributed by atoms with Crippen molar-refractivity contribution in [2.75, 3.05) is 13.1 Å². The van der Waals surface area contributed by atoms with Gasteiger partial charge in [-0.2, -0.15) is 0 Å². The van der Waals surface area contributed by atoms with Crippen LogP contribution in [0.1, 0.15) is 30.3 Å². The number of nitrogens with zero attached hydrogens (tertiary/aromatic N) is 1. The predicted molar refractivity (Wildman–Crippen MR) is 73.6 cm³/mol. The maximum absolute atomic E-state index is 4.81. The van der Waals surface area contributed by atoms with Crippen molar-refractivity contribution >= 4 is 0 Å². The van der Waals surface area contributed by atoms with Crippen LogP contribution in [0.25, 0.3) is 11.3 Å². The maximum Gasteiger partial charge on any atom is 0.111 e. The molecule has 1 aromatic carbocycles. The minimum Gasteiger partial charge on any atom is -0.345 e. The zero-order valence-corrected chi connectivity index (χ0v) is 10.7. The molecule has 1 atom stereocenters. The first-order chi connectivity index (χ1) is 8.84. The van der Waals surface area contributed by atoms with E-state index in [0.29, 0.717) is 5.92 Å². The molecule has 0 radical (unpaired) electrons. The Morgan fingerprint density at radius 1 is 1.22 bits per heavy atom. The van der Waals surface area contributed by atoms with Crippen molar-refractivity contribution in [1.29, 1.82) is 0 Å². The van der Waals surface area contributed by atoms with Gasteiger partial charge in [-0.3, -0.25) is 0 Å². The molecule has 0 aliphatic carbocycles. The Morgan fingerprint density at radius 2 is 2.06 bits per heavy atom. The third kappa shape index (κ3) is 2.18. The molecule has 18 heavy (non-hydrogen) atoms. The number of rotatable bonds is 2. The normalized spacial score (nSPS) is 19.9. The van der Waals surface area contributed by atoms with E-state index in [0.717, 1.165) is 24.6 Å². The number of piperidine rings is 1. The van der Waals surface area contributed by atoms with E-state index in [1.807, 2.05) is 6.07 Å². The van der Waals surface area contributed by atoms with Crippen LogP contribution in [0.4, 0.5) is 0 Å². The number of aromatic nitrogens is 2. The summed E-state index contributed by atoms with van der Waals surface area (Å²) in [5.41, 5.74) is 3.46. The van der Waals surface area contributed by atoms with Crippen LogP contribution >= 0.6 is 0 Å². The third-order valence-corrected chi connectivity index (χ3v) is 3.63. The Labute approximate surface area is 108 Å². The molecule has 0 saturated carbocycles. The maximum atomic E-state index is 4.81. The first kappa shape index (κ1) is 11.5. The first-order valence-corrected chi connectivity index (χ1v) is 6.67. The number of hydrogen-bond donors (Lipinski definition) is 2. The standard InChI is InChI=1S/C15H19N3/c1-11-14(12-6-3-2-4-7-12)18-15(17-11)13-8-5-9-16-10-13/h2-4,6-7,13,16H,5,8-10H2,1H3,(H,17,18). The van der Waals surface area contributed by atoms with Gasteiger partial charge in [-0.1, -0.05) is 30.3 Å². The molecule has 0 amide bonds. The van der Waals surface area contributed by atoms with Crippen LogP contribution in [0.3, 0.4) is 0 Å². The van der Waals surface area contributed by atoms with Crippen LogP contribution < -0.4 is 5.32 Å². The molecule has 0 spiro atoms. The number of H-pyrrole nitrogens is 1. The summed E-state index contributed by atoms with van der Waals surface area (Å²) in [4.78, 5) is 8.27. The molecule has 0 bridgehead atoms. The first-order valence-electron chi connectivity index (χ1n) is 6.67. The second kappa shape index (κ2) is 4.94. The fourth-order valence-electron chi connectivity index (χ4n) is 2.64. The highest BCUT2D eigenvalue weighted by atomic mass is 15.0. The molecule has 1 unspecified atom stereocenters.